The molecule has 2 heterocycles. The second-order valence-corrected chi connectivity index (χ2v) is 7.88. The Morgan fingerprint density at radius 1 is 1.19 bits per heavy atom. The summed E-state index contributed by atoms with van der Waals surface area (Å²) < 4.78 is 43.7. The molecule has 5 nitrogen and oxygen atoms in total. The van der Waals surface area contributed by atoms with E-state index in [9.17, 15) is 8.78 Å². The van der Waals surface area contributed by atoms with E-state index in [1.807, 2.05) is 6.92 Å². The summed E-state index contributed by atoms with van der Waals surface area (Å²) in [6, 6.07) is 10.8. The number of rotatable bonds is 7. The first kappa shape index (κ1) is 21.3. The molecule has 0 saturated carbocycles. The molecule has 3 aromatic rings. The third-order valence-electron chi connectivity index (χ3n) is 5.55. The molecule has 0 bridgehead atoms. The van der Waals surface area contributed by atoms with Crippen LogP contribution in [0.1, 0.15) is 24.3 Å². The Hall–Kier alpha value is -2.93. The molecular weight excluding hydrogens is 402 g/mol. The number of oxazole rings is 1. The lowest BCUT2D eigenvalue weighted by molar-refractivity contribution is 0.123. The number of hydrogen-bond donors (Lipinski definition) is 0. The Bertz CT molecular complexity index is 1040. The Balaban J connectivity index is 1.38. The smallest absolute Gasteiger partial charge is 0.226 e. The molecule has 31 heavy (non-hydrogen) atoms. The highest BCUT2D eigenvalue weighted by Gasteiger charge is 2.23. The van der Waals surface area contributed by atoms with Crippen LogP contribution in [0, 0.1) is 24.5 Å². The normalized spacial score (nSPS) is 17.0. The third-order valence-corrected chi connectivity index (χ3v) is 5.55. The Morgan fingerprint density at radius 2 is 2.06 bits per heavy atom. The molecule has 7 heteroatoms. The van der Waals surface area contributed by atoms with Gasteiger partial charge in [-0.25, -0.2) is 13.8 Å². The molecule has 1 saturated heterocycles. The lowest BCUT2D eigenvalue weighted by Gasteiger charge is -2.32. The van der Waals surface area contributed by atoms with E-state index >= 15 is 0 Å². The number of benzene rings is 2. The standard InChI is InChI=1S/C24H26F2N2O3/c1-16-22(27-24(31-16)18-8-9-21(26)23(11-18)29-2)14-28-10-4-5-17(13-28)15-30-20-7-3-6-19(25)12-20/h3,6-9,11-12,17H,4-5,10,13-15H2,1-2H3. The van der Waals surface area contributed by atoms with Crippen molar-refractivity contribution in [1.29, 1.82) is 0 Å². The summed E-state index contributed by atoms with van der Waals surface area (Å²) in [6.45, 7) is 4.97. The van der Waals surface area contributed by atoms with Crippen LogP contribution in [-0.4, -0.2) is 36.7 Å². The molecule has 1 aliphatic heterocycles. The van der Waals surface area contributed by atoms with Gasteiger partial charge in [-0.05, 0) is 56.6 Å². The van der Waals surface area contributed by atoms with Gasteiger partial charge in [0.1, 0.15) is 17.3 Å². The summed E-state index contributed by atoms with van der Waals surface area (Å²) in [5, 5.41) is 0. The van der Waals surface area contributed by atoms with E-state index in [1.165, 1.54) is 25.3 Å². The molecule has 1 atom stereocenters. The number of hydrogen-bond acceptors (Lipinski definition) is 5. The number of aryl methyl sites for hydroxylation is 1. The second kappa shape index (κ2) is 9.47. The summed E-state index contributed by atoms with van der Waals surface area (Å²) in [5.41, 5.74) is 1.54. The van der Waals surface area contributed by atoms with Crippen LogP contribution in [-0.2, 0) is 6.54 Å². The van der Waals surface area contributed by atoms with E-state index in [4.69, 9.17) is 13.9 Å². The highest BCUT2D eigenvalue weighted by atomic mass is 19.1. The lowest BCUT2D eigenvalue weighted by Crippen LogP contribution is -2.37. The van der Waals surface area contributed by atoms with Crippen molar-refractivity contribution >= 4 is 0 Å². The van der Waals surface area contributed by atoms with Gasteiger partial charge in [-0.3, -0.25) is 4.90 Å². The second-order valence-electron chi connectivity index (χ2n) is 7.88. The van der Waals surface area contributed by atoms with Gasteiger partial charge in [-0.15, -0.1) is 0 Å². The summed E-state index contributed by atoms with van der Waals surface area (Å²) in [4.78, 5) is 6.98. The van der Waals surface area contributed by atoms with Crippen molar-refractivity contribution in [3.8, 4) is 23.0 Å². The fourth-order valence-corrected chi connectivity index (χ4v) is 3.90. The molecule has 0 spiro atoms. The van der Waals surface area contributed by atoms with Crippen LogP contribution in [0.4, 0.5) is 8.78 Å². The maximum absolute atomic E-state index is 13.7. The molecule has 0 amide bonds. The first-order valence-electron chi connectivity index (χ1n) is 10.4. The van der Waals surface area contributed by atoms with Crippen molar-refractivity contribution in [3.63, 3.8) is 0 Å². The maximum atomic E-state index is 13.7. The van der Waals surface area contributed by atoms with Crippen molar-refractivity contribution in [3.05, 3.63) is 65.6 Å². The monoisotopic (exact) mass is 428 g/mol. The SMILES string of the molecule is COc1cc(-c2nc(CN3CCCC(COc4cccc(F)c4)C3)c(C)o2)ccc1F. The van der Waals surface area contributed by atoms with E-state index in [0.29, 0.717) is 36.3 Å². The van der Waals surface area contributed by atoms with Crippen LogP contribution in [0.2, 0.25) is 0 Å². The van der Waals surface area contributed by atoms with Gasteiger partial charge in [0.05, 0.1) is 19.4 Å². The summed E-state index contributed by atoms with van der Waals surface area (Å²) in [6.07, 6.45) is 2.14. The number of ether oxygens (including phenoxy) is 2. The molecule has 164 valence electrons. The zero-order chi connectivity index (χ0) is 21.8. The first-order valence-corrected chi connectivity index (χ1v) is 10.4. The highest BCUT2D eigenvalue weighted by molar-refractivity contribution is 5.56. The fraction of sp³-hybridized carbons (Fsp3) is 0.375. The van der Waals surface area contributed by atoms with Crippen molar-refractivity contribution < 1.29 is 22.7 Å². The maximum Gasteiger partial charge on any atom is 0.226 e. The largest absolute Gasteiger partial charge is 0.494 e. The Labute approximate surface area is 180 Å². The lowest BCUT2D eigenvalue weighted by atomic mass is 9.99. The quantitative estimate of drug-likeness (QED) is 0.516. The molecular formula is C24H26F2N2O3. The van der Waals surface area contributed by atoms with Gasteiger partial charge in [0.25, 0.3) is 0 Å². The zero-order valence-corrected chi connectivity index (χ0v) is 17.7. The van der Waals surface area contributed by atoms with E-state index in [0.717, 1.165) is 37.4 Å². The molecule has 1 fully saturated rings. The van der Waals surface area contributed by atoms with Crippen LogP contribution in [0.3, 0.4) is 0 Å². The third kappa shape index (κ3) is 5.22. The number of likely N-dealkylation sites (tertiary alicyclic amines) is 1. The molecule has 0 radical (unpaired) electrons. The number of nitrogens with zero attached hydrogens (tertiary/aromatic N) is 2. The van der Waals surface area contributed by atoms with Gasteiger partial charge in [-0.1, -0.05) is 6.07 Å². The molecule has 0 aliphatic carbocycles. The fourth-order valence-electron chi connectivity index (χ4n) is 3.90. The Morgan fingerprint density at radius 3 is 2.87 bits per heavy atom. The van der Waals surface area contributed by atoms with Crippen molar-refractivity contribution in [2.45, 2.75) is 26.3 Å². The summed E-state index contributed by atoms with van der Waals surface area (Å²) in [7, 11) is 1.43. The molecule has 2 aromatic carbocycles. The predicted molar refractivity (Wildman–Crippen MR) is 113 cm³/mol. The van der Waals surface area contributed by atoms with Crippen LogP contribution in [0.15, 0.2) is 46.9 Å². The average molecular weight is 428 g/mol. The summed E-state index contributed by atoms with van der Waals surface area (Å²) >= 11 is 0. The van der Waals surface area contributed by atoms with Crippen LogP contribution in [0.25, 0.3) is 11.5 Å². The van der Waals surface area contributed by atoms with Crippen LogP contribution < -0.4 is 9.47 Å². The predicted octanol–water partition coefficient (Wildman–Crippen LogP) is 5.23. The molecule has 1 aromatic heterocycles. The Kier molecular flexibility index (Phi) is 6.51. The highest BCUT2D eigenvalue weighted by Crippen LogP contribution is 2.28. The van der Waals surface area contributed by atoms with Crippen LogP contribution >= 0.6 is 0 Å². The average Bonchev–Trinajstić information content (AvgIpc) is 3.13. The van der Waals surface area contributed by atoms with E-state index in [-0.39, 0.29) is 11.6 Å². The molecule has 1 aliphatic rings. The van der Waals surface area contributed by atoms with E-state index in [2.05, 4.69) is 9.88 Å². The van der Waals surface area contributed by atoms with Crippen molar-refractivity contribution in [1.82, 2.24) is 9.88 Å². The van der Waals surface area contributed by atoms with Gasteiger partial charge in [-0.2, -0.15) is 0 Å². The number of methoxy groups -OCH3 is 1. The minimum atomic E-state index is -0.422. The van der Waals surface area contributed by atoms with Gasteiger partial charge < -0.3 is 13.9 Å². The van der Waals surface area contributed by atoms with E-state index < -0.39 is 5.82 Å². The molecule has 4 rings (SSSR count). The number of aromatic nitrogens is 1. The minimum absolute atomic E-state index is 0.159. The van der Waals surface area contributed by atoms with Crippen molar-refractivity contribution in [2.24, 2.45) is 5.92 Å². The molecule has 0 N–H and O–H groups in total. The topological polar surface area (TPSA) is 47.7 Å². The van der Waals surface area contributed by atoms with Crippen LogP contribution in [0.5, 0.6) is 11.5 Å². The zero-order valence-electron chi connectivity index (χ0n) is 17.7. The number of piperidine rings is 1. The van der Waals surface area contributed by atoms with Gasteiger partial charge in [0.15, 0.2) is 11.6 Å². The van der Waals surface area contributed by atoms with Gasteiger partial charge in [0, 0.05) is 30.6 Å². The van der Waals surface area contributed by atoms with Gasteiger partial charge >= 0.3 is 0 Å². The minimum Gasteiger partial charge on any atom is -0.494 e. The van der Waals surface area contributed by atoms with E-state index in [1.54, 1.807) is 24.3 Å². The first-order chi connectivity index (χ1) is 15.0. The van der Waals surface area contributed by atoms with Crippen molar-refractivity contribution in [2.75, 3.05) is 26.8 Å². The number of halogens is 2. The van der Waals surface area contributed by atoms with Gasteiger partial charge in [0.2, 0.25) is 5.89 Å². The molecule has 1 unspecified atom stereocenters. The summed E-state index contributed by atoms with van der Waals surface area (Å²) in [5.74, 6) is 1.57.